The van der Waals surface area contributed by atoms with E-state index in [9.17, 15) is 14.7 Å². The van der Waals surface area contributed by atoms with Crippen molar-refractivity contribution >= 4 is 24.0 Å². The number of H-pyrrole nitrogens is 1. The van der Waals surface area contributed by atoms with Crippen LogP contribution in [0.5, 0.6) is 11.5 Å². The molecule has 3 atom stereocenters. The number of carbonyl (C=O) groups excluding carboxylic acids is 2. The minimum Gasteiger partial charge on any atom is -0.507 e. The molecule has 2 aromatic rings. The summed E-state index contributed by atoms with van der Waals surface area (Å²) in [6.45, 7) is 9.67. The van der Waals surface area contributed by atoms with E-state index in [0.29, 0.717) is 36.4 Å². The maximum Gasteiger partial charge on any atom is 0.407 e. The lowest BCUT2D eigenvalue weighted by molar-refractivity contribution is -0.119. The van der Waals surface area contributed by atoms with E-state index in [0.717, 1.165) is 29.7 Å². The molecular formula is C28H39N5O5. The van der Waals surface area contributed by atoms with Crippen molar-refractivity contribution in [2.75, 3.05) is 12.4 Å². The van der Waals surface area contributed by atoms with Crippen LogP contribution in [0, 0.1) is 5.92 Å². The largest absolute Gasteiger partial charge is 0.507 e. The van der Waals surface area contributed by atoms with Crippen molar-refractivity contribution < 1.29 is 24.2 Å². The molecule has 0 radical (unpaired) electrons. The fraction of sp³-hybridized carbons (Fsp3) is 0.571. The number of hydrogen-bond donors (Lipinski definition) is 4. The monoisotopic (exact) mass is 525 g/mol. The first-order chi connectivity index (χ1) is 17.9. The van der Waals surface area contributed by atoms with Crippen molar-refractivity contribution in [3.05, 3.63) is 34.5 Å². The molecule has 1 aromatic carbocycles. The molecule has 0 spiro atoms. The van der Waals surface area contributed by atoms with E-state index in [1.807, 2.05) is 40.7 Å². The molecule has 2 aliphatic carbocycles. The molecule has 0 bridgehead atoms. The van der Waals surface area contributed by atoms with Gasteiger partial charge in [-0.3, -0.25) is 14.9 Å². The maximum absolute atomic E-state index is 13.2. The van der Waals surface area contributed by atoms with Gasteiger partial charge in [0.2, 0.25) is 5.91 Å². The molecule has 38 heavy (non-hydrogen) atoms. The highest BCUT2D eigenvalue weighted by Gasteiger charge is 2.34. The third-order valence-electron chi connectivity index (χ3n) is 6.95. The molecule has 10 nitrogen and oxygen atoms in total. The Morgan fingerprint density at radius 2 is 1.95 bits per heavy atom. The highest BCUT2D eigenvalue weighted by molar-refractivity contribution is 5.94. The van der Waals surface area contributed by atoms with Gasteiger partial charge in [-0.15, -0.1) is 0 Å². The molecule has 2 aliphatic rings. The summed E-state index contributed by atoms with van der Waals surface area (Å²) in [6.07, 6.45) is 4.45. The van der Waals surface area contributed by atoms with Crippen molar-refractivity contribution in [2.24, 2.45) is 10.9 Å². The van der Waals surface area contributed by atoms with E-state index in [1.54, 1.807) is 19.4 Å². The molecule has 3 unspecified atom stereocenters. The molecule has 2 amide bonds. The fourth-order valence-electron chi connectivity index (χ4n) is 5.17. The van der Waals surface area contributed by atoms with Crippen LogP contribution in [0.1, 0.15) is 82.2 Å². The van der Waals surface area contributed by atoms with Crippen LogP contribution in [0.3, 0.4) is 0 Å². The van der Waals surface area contributed by atoms with Crippen LogP contribution in [0.15, 0.2) is 17.1 Å². The lowest BCUT2D eigenvalue weighted by Crippen LogP contribution is -2.42. The molecule has 1 heterocycles. The Labute approximate surface area is 223 Å². The SMILES string of the molecule is COc1cc(O)c(C=NC(C)C)c2c1CC(C(=O)Nc1cc(C3CCC(OC(=O)NC(C)(C)C)C3)[nH]n1)C2. The second-order valence-corrected chi connectivity index (χ2v) is 11.6. The summed E-state index contributed by atoms with van der Waals surface area (Å²) in [5.41, 5.74) is 3.02. The highest BCUT2D eigenvalue weighted by Crippen LogP contribution is 2.41. The standard InChI is InChI=1S/C28H39N5O5/c1-15(2)29-14-21-19-10-17(11-20(19)24(37-6)13-23(21)34)26(35)30-25-12-22(32-33-25)16-7-8-18(9-16)38-27(36)31-28(3,4)5/h12-18,34H,7-11H2,1-6H3,(H,31,36)(H2,30,32,33,35). The Hall–Kier alpha value is -3.56. The van der Waals surface area contributed by atoms with Gasteiger partial charge in [-0.25, -0.2) is 4.79 Å². The number of carbonyl (C=O) groups is 2. The Bertz CT molecular complexity index is 1210. The normalized spacial score (nSPS) is 21.1. The van der Waals surface area contributed by atoms with Crippen molar-refractivity contribution in [1.29, 1.82) is 0 Å². The Morgan fingerprint density at radius 1 is 1.21 bits per heavy atom. The van der Waals surface area contributed by atoms with Gasteiger partial charge in [-0.1, -0.05) is 0 Å². The van der Waals surface area contributed by atoms with Gasteiger partial charge in [-0.2, -0.15) is 5.10 Å². The first kappa shape index (κ1) is 27.5. The lowest BCUT2D eigenvalue weighted by atomic mass is 10.0. The van der Waals surface area contributed by atoms with E-state index in [-0.39, 0.29) is 41.2 Å². The quantitative estimate of drug-likeness (QED) is 0.394. The molecule has 0 saturated heterocycles. The van der Waals surface area contributed by atoms with E-state index in [1.165, 1.54) is 0 Å². The third kappa shape index (κ3) is 6.46. The van der Waals surface area contributed by atoms with Crippen LogP contribution in [0.2, 0.25) is 0 Å². The number of benzene rings is 1. The van der Waals surface area contributed by atoms with Gasteiger partial charge in [-0.05, 0) is 77.8 Å². The van der Waals surface area contributed by atoms with Crippen LogP contribution in [0.25, 0.3) is 0 Å². The number of phenolic OH excluding ortho intramolecular Hbond substituents is 1. The van der Waals surface area contributed by atoms with E-state index in [4.69, 9.17) is 9.47 Å². The van der Waals surface area contributed by atoms with Crippen molar-refractivity contribution in [1.82, 2.24) is 15.5 Å². The summed E-state index contributed by atoms with van der Waals surface area (Å²) in [4.78, 5) is 29.7. The Kier molecular flexibility index (Phi) is 7.99. The number of nitrogens with one attached hydrogen (secondary N) is 3. The number of fused-ring (bicyclic) bond motifs is 1. The molecule has 1 saturated carbocycles. The Balaban J connectivity index is 1.38. The van der Waals surface area contributed by atoms with Crippen LogP contribution in [-0.4, -0.2) is 58.3 Å². The zero-order valence-electron chi connectivity index (χ0n) is 23.1. The molecule has 206 valence electrons. The molecule has 4 rings (SSSR count). The third-order valence-corrected chi connectivity index (χ3v) is 6.95. The minimum absolute atomic E-state index is 0.0869. The summed E-state index contributed by atoms with van der Waals surface area (Å²) in [5.74, 6) is 0.846. The van der Waals surface area contributed by atoms with Crippen molar-refractivity contribution in [3.8, 4) is 11.5 Å². The number of alkyl carbamates (subject to hydrolysis) is 1. The van der Waals surface area contributed by atoms with Crippen LogP contribution in [-0.2, 0) is 22.4 Å². The first-order valence-corrected chi connectivity index (χ1v) is 13.2. The highest BCUT2D eigenvalue weighted by atomic mass is 16.6. The zero-order chi connectivity index (χ0) is 27.6. The number of aromatic amines is 1. The van der Waals surface area contributed by atoms with Gasteiger partial charge in [0, 0.05) is 53.0 Å². The van der Waals surface area contributed by atoms with Crippen LogP contribution < -0.4 is 15.4 Å². The van der Waals surface area contributed by atoms with Gasteiger partial charge >= 0.3 is 6.09 Å². The zero-order valence-corrected chi connectivity index (χ0v) is 23.1. The second-order valence-electron chi connectivity index (χ2n) is 11.6. The van der Waals surface area contributed by atoms with E-state index >= 15 is 0 Å². The molecular weight excluding hydrogens is 486 g/mol. The number of ether oxygens (including phenoxy) is 2. The summed E-state index contributed by atoms with van der Waals surface area (Å²) < 4.78 is 11.1. The number of hydrogen-bond acceptors (Lipinski definition) is 7. The molecule has 10 heteroatoms. The van der Waals surface area contributed by atoms with Crippen molar-refractivity contribution in [3.63, 3.8) is 0 Å². The number of aromatic nitrogens is 2. The minimum atomic E-state index is -0.401. The maximum atomic E-state index is 13.2. The number of nitrogens with zero attached hydrogens (tertiary/aromatic N) is 2. The van der Waals surface area contributed by atoms with Gasteiger partial charge in [0.15, 0.2) is 5.82 Å². The predicted octanol–water partition coefficient (Wildman–Crippen LogP) is 4.47. The number of aromatic hydroxyl groups is 1. The van der Waals surface area contributed by atoms with Crippen LogP contribution >= 0.6 is 0 Å². The molecule has 1 aromatic heterocycles. The topological polar surface area (TPSA) is 138 Å². The van der Waals surface area contributed by atoms with E-state index in [2.05, 4.69) is 25.8 Å². The summed E-state index contributed by atoms with van der Waals surface area (Å²) >= 11 is 0. The van der Waals surface area contributed by atoms with Gasteiger partial charge < -0.3 is 25.2 Å². The van der Waals surface area contributed by atoms with Crippen molar-refractivity contribution in [2.45, 2.75) is 90.3 Å². The van der Waals surface area contributed by atoms with E-state index < -0.39 is 6.09 Å². The average molecular weight is 526 g/mol. The van der Waals surface area contributed by atoms with Gasteiger partial charge in [0.25, 0.3) is 0 Å². The smallest absolute Gasteiger partial charge is 0.407 e. The van der Waals surface area contributed by atoms with Gasteiger partial charge in [0.1, 0.15) is 17.6 Å². The summed E-state index contributed by atoms with van der Waals surface area (Å²) in [6, 6.07) is 3.53. The Morgan fingerprint density at radius 3 is 2.63 bits per heavy atom. The number of phenols is 1. The number of methoxy groups -OCH3 is 1. The van der Waals surface area contributed by atoms with Crippen LogP contribution in [0.4, 0.5) is 10.6 Å². The molecule has 4 N–H and O–H groups in total. The number of aliphatic imine (C=N–C) groups is 1. The summed E-state index contributed by atoms with van der Waals surface area (Å²) in [5, 5.41) is 23.7. The first-order valence-electron chi connectivity index (χ1n) is 13.2. The fourth-order valence-corrected chi connectivity index (χ4v) is 5.17. The lowest BCUT2D eigenvalue weighted by Gasteiger charge is -2.22. The van der Waals surface area contributed by atoms with Gasteiger partial charge in [0.05, 0.1) is 7.11 Å². The summed E-state index contributed by atoms with van der Waals surface area (Å²) in [7, 11) is 1.56. The second kappa shape index (κ2) is 11.0. The number of anilines is 1. The average Bonchev–Trinajstić information content (AvgIpc) is 3.56. The number of amides is 2. The predicted molar refractivity (Wildman–Crippen MR) is 145 cm³/mol. The molecule has 1 fully saturated rings. The molecule has 0 aliphatic heterocycles. The number of rotatable bonds is 7.